The number of aromatic nitrogens is 2. The summed E-state index contributed by atoms with van der Waals surface area (Å²) in [6.07, 6.45) is 1.70. The molecular formula is C8H16N4O. The molecule has 0 spiro atoms. The zero-order chi connectivity index (χ0) is 9.84. The minimum absolute atomic E-state index is 0.312. The fourth-order valence-corrected chi connectivity index (χ4v) is 1.25. The van der Waals surface area contributed by atoms with Gasteiger partial charge in [-0.1, -0.05) is 0 Å². The Balaban J connectivity index is 2.99. The largest absolute Gasteiger partial charge is 0.493 e. The van der Waals surface area contributed by atoms with E-state index in [1.165, 1.54) is 0 Å². The molecule has 0 saturated carbocycles. The van der Waals surface area contributed by atoms with Crippen LogP contribution < -0.4 is 16.0 Å². The van der Waals surface area contributed by atoms with Crippen molar-refractivity contribution in [2.75, 3.05) is 7.11 Å². The summed E-state index contributed by atoms with van der Waals surface area (Å²) >= 11 is 0. The minimum atomic E-state index is 0.312. The Kier molecular flexibility index (Phi) is 3.27. The van der Waals surface area contributed by atoms with E-state index in [0.717, 1.165) is 11.4 Å². The lowest BCUT2D eigenvalue weighted by Gasteiger charge is -2.11. The molecule has 1 rings (SSSR count). The van der Waals surface area contributed by atoms with E-state index in [9.17, 15) is 0 Å². The van der Waals surface area contributed by atoms with E-state index in [4.69, 9.17) is 10.6 Å². The maximum Gasteiger partial charge on any atom is 0.161 e. The number of nitrogens with two attached hydrogens (primary N) is 1. The van der Waals surface area contributed by atoms with Crippen LogP contribution in [0.25, 0.3) is 0 Å². The zero-order valence-electron chi connectivity index (χ0n) is 8.24. The average Bonchev–Trinajstić information content (AvgIpc) is 2.48. The van der Waals surface area contributed by atoms with Gasteiger partial charge in [-0.25, -0.2) is 0 Å². The van der Waals surface area contributed by atoms with E-state index >= 15 is 0 Å². The van der Waals surface area contributed by atoms with E-state index in [1.54, 1.807) is 13.3 Å². The van der Waals surface area contributed by atoms with Crippen LogP contribution >= 0.6 is 0 Å². The molecule has 1 aromatic rings. The standard InChI is InChI=1S/C8H16N4O/c1-6(2)12-7(4-10-9)8(13-3)5-11-12/h5-6,10H,4,9H2,1-3H3. The summed E-state index contributed by atoms with van der Waals surface area (Å²) in [5, 5.41) is 4.20. The predicted molar refractivity (Wildman–Crippen MR) is 50.2 cm³/mol. The first-order valence-corrected chi connectivity index (χ1v) is 4.24. The minimum Gasteiger partial charge on any atom is -0.493 e. The molecule has 1 aromatic heterocycles. The molecule has 0 aliphatic heterocycles. The summed E-state index contributed by atoms with van der Waals surface area (Å²) in [7, 11) is 1.63. The van der Waals surface area contributed by atoms with Gasteiger partial charge in [-0.15, -0.1) is 0 Å². The highest BCUT2D eigenvalue weighted by molar-refractivity contribution is 5.25. The molecule has 13 heavy (non-hydrogen) atoms. The zero-order valence-corrected chi connectivity index (χ0v) is 8.24. The highest BCUT2D eigenvalue weighted by Crippen LogP contribution is 2.20. The van der Waals surface area contributed by atoms with Crippen LogP contribution in [0.3, 0.4) is 0 Å². The van der Waals surface area contributed by atoms with E-state index in [-0.39, 0.29) is 0 Å². The summed E-state index contributed by atoms with van der Waals surface area (Å²) in [6.45, 7) is 4.68. The summed E-state index contributed by atoms with van der Waals surface area (Å²) in [4.78, 5) is 0. The number of methoxy groups -OCH3 is 1. The molecule has 0 radical (unpaired) electrons. The van der Waals surface area contributed by atoms with Crippen molar-refractivity contribution in [3.05, 3.63) is 11.9 Å². The summed E-state index contributed by atoms with van der Waals surface area (Å²) < 4.78 is 7.04. The molecule has 0 saturated heterocycles. The van der Waals surface area contributed by atoms with Crippen molar-refractivity contribution in [2.45, 2.75) is 26.4 Å². The number of ether oxygens (including phenoxy) is 1. The normalized spacial score (nSPS) is 10.8. The predicted octanol–water partition coefficient (Wildman–Crippen LogP) is 0.436. The third-order valence-corrected chi connectivity index (χ3v) is 1.84. The van der Waals surface area contributed by atoms with E-state index < -0.39 is 0 Å². The molecular weight excluding hydrogens is 168 g/mol. The SMILES string of the molecule is COc1cnn(C(C)C)c1CNN. The first-order valence-electron chi connectivity index (χ1n) is 4.24. The number of nitrogens with one attached hydrogen (secondary N) is 1. The smallest absolute Gasteiger partial charge is 0.161 e. The molecule has 0 atom stereocenters. The van der Waals surface area contributed by atoms with Gasteiger partial charge in [0.05, 0.1) is 25.5 Å². The Hall–Kier alpha value is -1.07. The van der Waals surface area contributed by atoms with Crippen molar-refractivity contribution >= 4 is 0 Å². The average molecular weight is 184 g/mol. The third kappa shape index (κ3) is 1.99. The van der Waals surface area contributed by atoms with Gasteiger partial charge in [0, 0.05) is 6.04 Å². The highest BCUT2D eigenvalue weighted by Gasteiger charge is 2.12. The molecule has 5 heteroatoms. The lowest BCUT2D eigenvalue weighted by molar-refractivity contribution is 0.401. The maximum absolute atomic E-state index is 5.27. The van der Waals surface area contributed by atoms with Crippen molar-refractivity contribution in [2.24, 2.45) is 5.84 Å². The summed E-state index contributed by atoms with van der Waals surface area (Å²) in [6, 6.07) is 0.312. The first-order chi connectivity index (χ1) is 6.20. The second kappa shape index (κ2) is 4.25. The number of rotatable bonds is 4. The fraction of sp³-hybridized carbons (Fsp3) is 0.625. The van der Waals surface area contributed by atoms with E-state index in [1.807, 2.05) is 4.68 Å². The van der Waals surface area contributed by atoms with Gasteiger partial charge in [-0.2, -0.15) is 5.10 Å². The number of hydrogen-bond donors (Lipinski definition) is 2. The Bertz CT molecular complexity index is 269. The van der Waals surface area contributed by atoms with Crippen LogP contribution in [0, 0.1) is 0 Å². The van der Waals surface area contributed by atoms with Gasteiger partial charge < -0.3 is 4.74 Å². The third-order valence-electron chi connectivity index (χ3n) is 1.84. The lowest BCUT2D eigenvalue weighted by atomic mass is 10.3. The van der Waals surface area contributed by atoms with Crippen molar-refractivity contribution < 1.29 is 4.74 Å². The number of hydrogen-bond acceptors (Lipinski definition) is 4. The van der Waals surface area contributed by atoms with Crippen LogP contribution in [-0.2, 0) is 6.54 Å². The Morgan fingerprint density at radius 3 is 2.85 bits per heavy atom. The molecule has 0 bridgehead atoms. The molecule has 5 nitrogen and oxygen atoms in total. The second-order valence-corrected chi connectivity index (χ2v) is 3.08. The monoisotopic (exact) mass is 184 g/mol. The lowest BCUT2D eigenvalue weighted by Crippen LogP contribution is -2.24. The first kappa shape index (κ1) is 10.0. The van der Waals surface area contributed by atoms with Crippen molar-refractivity contribution in [3.8, 4) is 5.75 Å². The van der Waals surface area contributed by atoms with E-state index in [2.05, 4.69) is 24.4 Å². The summed E-state index contributed by atoms with van der Waals surface area (Å²) in [5.74, 6) is 6.04. The molecule has 74 valence electrons. The van der Waals surface area contributed by atoms with Crippen molar-refractivity contribution in [1.29, 1.82) is 0 Å². The molecule has 0 aromatic carbocycles. The molecule has 0 aliphatic rings. The highest BCUT2D eigenvalue weighted by atomic mass is 16.5. The van der Waals surface area contributed by atoms with Crippen LogP contribution in [0.2, 0.25) is 0 Å². The van der Waals surface area contributed by atoms with Crippen LogP contribution in [0.15, 0.2) is 6.20 Å². The molecule has 0 fully saturated rings. The van der Waals surface area contributed by atoms with Gasteiger partial charge in [0.25, 0.3) is 0 Å². The van der Waals surface area contributed by atoms with Gasteiger partial charge in [0.2, 0.25) is 0 Å². The van der Waals surface area contributed by atoms with Gasteiger partial charge in [-0.3, -0.25) is 16.0 Å². The second-order valence-electron chi connectivity index (χ2n) is 3.08. The Labute approximate surface area is 77.8 Å². The van der Waals surface area contributed by atoms with Crippen molar-refractivity contribution in [3.63, 3.8) is 0 Å². The van der Waals surface area contributed by atoms with E-state index in [0.29, 0.717) is 12.6 Å². The Morgan fingerprint density at radius 2 is 2.38 bits per heavy atom. The van der Waals surface area contributed by atoms with Crippen molar-refractivity contribution in [1.82, 2.24) is 15.2 Å². The topological polar surface area (TPSA) is 65.1 Å². The number of hydrazine groups is 1. The molecule has 1 heterocycles. The fourth-order valence-electron chi connectivity index (χ4n) is 1.25. The number of nitrogens with zero attached hydrogens (tertiary/aromatic N) is 2. The van der Waals surface area contributed by atoms with Crippen LogP contribution in [0.5, 0.6) is 5.75 Å². The van der Waals surface area contributed by atoms with Crippen LogP contribution in [-0.4, -0.2) is 16.9 Å². The van der Waals surface area contributed by atoms with Crippen LogP contribution in [0.1, 0.15) is 25.6 Å². The summed E-state index contributed by atoms with van der Waals surface area (Å²) in [5.41, 5.74) is 3.57. The Morgan fingerprint density at radius 1 is 1.69 bits per heavy atom. The molecule has 0 unspecified atom stereocenters. The van der Waals surface area contributed by atoms with Gasteiger partial charge in [-0.05, 0) is 13.8 Å². The quantitative estimate of drug-likeness (QED) is 0.526. The molecule has 3 N–H and O–H groups in total. The van der Waals surface area contributed by atoms with Gasteiger partial charge in [0.1, 0.15) is 0 Å². The molecule has 0 amide bonds. The molecule has 0 aliphatic carbocycles. The maximum atomic E-state index is 5.27. The van der Waals surface area contributed by atoms with Gasteiger partial charge >= 0.3 is 0 Å². The van der Waals surface area contributed by atoms with Gasteiger partial charge in [0.15, 0.2) is 5.75 Å². The van der Waals surface area contributed by atoms with Crippen LogP contribution in [0.4, 0.5) is 0 Å².